The number of carbonyl (C=O) groups is 4. The molecule has 4 aliphatic heterocycles. The van der Waals surface area contributed by atoms with Crippen LogP contribution in [0.4, 0.5) is 4.79 Å². The van der Waals surface area contributed by atoms with Gasteiger partial charge >= 0.3 is 18.0 Å². The molecule has 292 valence electrons. The third kappa shape index (κ3) is 7.14. The number of cyclic esters (lactones) is 1. The first-order valence-electron chi connectivity index (χ1n) is 18.2. The van der Waals surface area contributed by atoms with Crippen molar-refractivity contribution >= 4 is 35.6 Å². The number of hydrogen-bond acceptors (Lipinski definition) is 14. The van der Waals surface area contributed by atoms with Gasteiger partial charge in [0, 0.05) is 34.8 Å². The Hall–Kier alpha value is -5.39. The summed E-state index contributed by atoms with van der Waals surface area (Å²) in [5, 5.41) is 17.4. The van der Waals surface area contributed by atoms with E-state index < -0.39 is 35.8 Å². The van der Waals surface area contributed by atoms with Gasteiger partial charge in [-0.05, 0) is 48.2 Å². The molecule has 18 heteroatoms. The molecule has 5 aliphatic rings. The fourth-order valence-electron chi connectivity index (χ4n) is 8.30. The van der Waals surface area contributed by atoms with E-state index in [0.717, 1.165) is 30.6 Å². The van der Waals surface area contributed by atoms with Crippen LogP contribution in [0.2, 0.25) is 0 Å². The van der Waals surface area contributed by atoms with E-state index in [4.69, 9.17) is 33.2 Å². The molecule has 3 N–H and O–H groups in total. The summed E-state index contributed by atoms with van der Waals surface area (Å²) in [6.45, 7) is -0.0268. The zero-order valence-electron chi connectivity index (χ0n) is 30.5. The zero-order valence-corrected chi connectivity index (χ0v) is 31.3. The van der Waals surface area contributed by atoms with Crippen LogP contribution in [0.1, 0.15) is 60.1 Å². The zero-order chi connectivity index (χ0) is 38.2. The van der Waals surface area contributed by atoms with Gasteiger partial charge < -0.3 is 49.1 Å². The monoisotopic (exact) mass is 778 g/mol. The molecular formula is C37H42N6O11S. The number of ether oxygens (including phenoxy) is 7. The summed E-state index contributed by atoms with van der Waals surface area (Å²) in [5.41, 5.74) is 2.57. The van der Waals surface area contributed by atoms with E-state index in [1.165, 1.54) is 26.0 Å². The average molecular weight is 779 g/mol. The van der Waals surface area contributed by atoms with Crippen LogP contribution >= 0.6 is 11.8 Å². The number of unbranched alkanes of at least 4 members (excludes halogenated alkanes) is 1. The number of rotatable bonds is 14. The number of methoxy groups -OCH3 is 3. The molecule has 0 saturated carbocycles. The second-order valence-electron chi connectivity index (χ2n) is 14.1. The lowest BCUT2D eigenvalue weighted by Crippen LogP contribution is -2.37. The van der Waals surface area contributed by atoms with Crippen molar-refractivity contribution in [3.63, 3.8) is 0 Å². The molecule has 8 rings (SSSR count). The summed E-state index contributed by atoms with van der Waals surface area (Å²) in [4.78, 5) is 51.2. The number of hydrogen-bond donors (Lipinski definition) is 3. The number of benzene rings is 2. The number of fused-ring (bicyclic) bond motifs is 4. The second-order valence-corrected chi connectivity index (χ2v) is 15.3. The smallest absolute Gasteiger partial charge is 0.328 e. The van der Waals surface area contributed by atoms with Crippen molar-refractivity contribution < 1.29 is 52.3 Å². The minimum absolute atomic E-state index is 0.0297. The highest BCUT2D eigenvalue weighted by Gasteiger charge is 2.54. The molecule has 55 heavy (non-hydrogen) atoms. The summed E-state index contributed by atoms with van der Waals surface area (Å²) in [5.74, 6) is 0.283. The number of amides is 3. The fraction of sp³-hybridized carbons (Fsp3) is 0.514. The number of carbonyl (C=O) groups excluding carboxylic acids is 4. The van der Waals surface area contributed by atoms with E-state index in [2.05, 4.69) is 26.3 Å². The molecular weight excluding hydrogens is 737 g/mol. The molecule has 1 aliphatic carbocycles. The SMILES string of the molecule is COc1cc([C@@H]2c3cc4c(cc3[C@H](OC(=O)Cn3cc(CNC(=O)CCCC[C@@H]5SC[C@@H]6NC(=O)N[C@@H]65)nn3)[C@H]3COC(=O)[C@H]23)OCO4)cc(OC)c1OC. The van der Waals surface area contributed by atoms with E-state index in [1.54, 1.807) is 24.4 Å². The number of aromatic nitrogens is 3. The fourth-order valence-corrected chi connectivity index (χ4v) is 9.85. The lowest BCUT2D eigenvalue weighted by molar-refractivity contribution is -0.155. The Morgan fingerprint density at radius 3 is 2.49 bits per heavy atom. The summed E-state index contributed by atoms with van der Waals surface area (Å²) < 4.78 is 41.4. The van der Waals surface area contributed by atoms with E-state index in [9.17, 15) is 19.2 Å². The largest absolute Gasteiger partial charge is 0.493 e. The van der Waals surface area contributed by atoms with Crippen LogP contribution in [0.3, 0.4) is 0 Å². The maximum atomic E-state index is 13.5. The van der Waals surface area contributed by atoms with Crippen LogP contribution in [-0.2, 0) is 36.9 Å². The maximum Gasteiger partial charge on any atom is 0.328 e. The predicted octanol–water partition coefficient (Wildman–Crippen LogP) is 2.59. The molecule has 2 aromatic carbocycles. The van der Waals surface area contributed by atoms with Gasteiger partial charge in [0.05, 0.1) is 58.7 Å². The molecule has 3 saturated heterocycles. The van der Waals surface area contributed by atoms with Crippen molar-refractivity contribution in [3.8, 4) is 28.7 Å². The molecule has 0 unspecified atom stereocenters. The van der Waals surface area contributed by atoms with Crippen LogP contribution in [0.25, 0.3) is 0 Å². The van der Waals surface area contributed by atoms with E-state index in [1.807, 2.05) is 17.8 Å². The lowest BCUT2D eigenvalue weighted by Gasteiger charge is -2.38. The van der Waals surface area contributed by atoms with Gasteiger partial charge in [0.25, 0.3) is 0 Å². The quantitative estimate of drug-likeness (QED) is 0.123. The Kier molecular flexibility index (Phi) is 10.2. The number of urea groups is 1. The Balaban J connectivity index is 0.922. The minimum Gasteiger partial charge on any atom is -0.493 e. The molecule has 17 nitrogen and oxygen atoms in total. The van der Waals surface area contributed by atoms with Gasteiger partial charge in [-0.15, -0.1) is 5.10 Å². The van der Waals surface area contributed by atoms with Crippen molar-refractivity contribution in [1.82, 2.24) is 30.9 Å². The summed E-state index contributed by atoms with van der Waals surface area (Å²) >= 11 is 1.86. The summed E-state index contributed by atoms with van der Waals surface area (Å²) in [6.07, 6.45) is 3.64. The van der Waals surface area contributed by atoms with Crippen molar-refractivity contribution in [3.05, 3.63) is 52.8 Å². The first-order chi connectivity index (χ1) is 26.7. The van der Waals surface area contributed by atoms with Gasteiger partial charge in [0.2, 0.25) is 18.4 Å². The molecule has 3 fully saturated rings. The Morgan fingerprint density at radius 2 is 1.75 bits per heavy atom. The van der Waals surface area contributed by atoms with E-state index in [-0.39, 0.29) is 50.5 Å². The van der Waals surface area contributed by atoms with Crippen molar-refractivity contribution in [2.45, 2.75) is 68.1 Å². The van der Waals surface area contributed by atoms with Crippen molar-refractivity contribution in [2.75, 3.05) is 40.5 Å². The van der Waals surface area contributed by atoms with Gasteiger partial charge in [0.1, 0.15) is 18.3 Å². The maximum absolute atomic E-state index is 13.5. The molecule has 1 aromatic heterocycles. The van der Waals surface area contributed by atoms with Crippen molar-refractivity contribution in [1.29, 1.82) is 0 Å². The standard InChI is InChI=1S/C37H42N6O11S/c1-48-26-8-18(9-27(49-2)35(26)50-3)31-20-10-24-25(53-17-52-24)11-21(20)34(22-15-51-36(46)32(22)31)54-30(45)14-43-13-19(41-42-43)12-38-29(44)7-5-4-6-28-33-23(16-55-28)39-37(47)40-33/h8-11,13,22-23,28,31-34H,4-7,12,14-17H2,1-3H3,(H,38,44)(H2,39,40,47)/t22-,23-,28-,31+,32-,33-,34-/m0/s1. The number of nitrogens with one attached hydrogen (secondary N) is 3. The van der Waals surface area contributed by atoms with Gasteiger partial charge in [0.15, 0.2) is 23.0 Å². The average Bonchev–Trinajstić information content (AvgIpc) is 4.03. The minimum atomic E-state index is -0.851. The predicted molar refractivity (Wildman–Crippen MR) is 193 cm³/mol. The number of esters is 2. The van der Waals surface area contributed by atoms with Gasteiger partial charge in [-0.3, -0.25) is 14.4 Å². The molecule has 0 bridgehead atoms. The van der Waals surface area contributed by atoms with Gasteiger partial charge in [-0.1, -0.05) is 11.6 Å². The van der Waals surface area contributed by atoms with Crippen LogP contribution in [0, 0.1) is 11.8 Å². The lowest BCUT2D eigenvalue weighted by atomic mass is 9.66. The Morgan fingerprint density at radius 1 is 0.982 bits per heavy atom. The molecule has 5 heterocycles. The highest BCUT2D eigenvalue weighted by Crippen LogP contribution is 2.56. The first kappa shape index (κ1) is 36.6. The third-order valence-corrected chi connectivity index (χ3v) is 12.4. The molecule has 0 spiro atoms. The van der Waals surface area contributed by atoms with Crippen LogP contribution in [0.5, 0.6) is 28.7 Å². The number of thioether (sulfide) groups is 1. The van der Waals surface area contributed by atoms with Gasteiger partial charge in [-0.25, -0.2) is 9.48 Å². The van der Waals surface area contributed by atoms with Gasteiger partial charge in [-0.2, -0.15) is 11.8 Å². The Bertz CT molecular complexity index is 1970. The van der Waals surface area contributed by atoms with Crippen LogP contribution in [0.15, 0.2) is 30.5 Å². The topological polar surface area (TPSA) is 200 Å². The molecule has 3 amide bonds. The third-order valence-electron chi connectivity index (χ3n) is 10.8. The van der Waals surface area contributed by atoms with E-state index in [0.29, 0.717) is 57.2 Å². The molecule has 0 radical (unpaired) electrons. The Labute approximate surface area is 320 Å². The highest BCUT2D eigenvalue weighted by molar-refractivity contribution is 8.00. The highest BCUT2D eigenvalue weighted by atomic mass is 32.2. The normalized spacial score (nSPS) is 25.5. The van der Waals surface area contributed by atoms with Crippen LogP contribution in [-0.4, -0.2) is 96.7 Å². The molecule has 3 aromatic rings. The van der Waals surface area contributed by atoms with E-state index >= 15 is 0 Å². The first-order valence-corrected chi connectivity index (χ1v) is 19.2. The summed E-state index contributed by atoms with van der Waals surface area (Å²) in [6, 6.07) is 7.47. The van der Waals surface area contributed by atoms with Crippen LogP contribution < -0.4 is 39.6 Å². The molecule has 7 atom stereocenters. The second kappa shape index (κ2) is 15.4. The summed E-state index contributed by atoms with van der Waals surface area (Å²) in [7, 11) is 4.56. The van der Waals surface area contributed by atoms with Crippen molar-refractivity contribution in [2.24, 2.45) is 11.8 Å². The number of nitrogens with zero attached hydrogens (tertiary/aromatic N) is 3.